The summed E-state index contributed by atoms with van der Waals surface area (Å²) in [5.74, 6) is -0.687. The number of amides is 2. The molecule has 2 amide bonds. The molecule has 1 atom stereocenters. The number of hydrogen-bond donors (Lipinski definition) is 1. The van der Waals surface area contributed by atoms with E-state index in [2.05, 4.69) is 5.32 Å². The maximum Gasteiger partial charge on any atom is 0.243 e. The van der Waals surface area contributed by atoms with Gasteiger partial charge in [0, 0.05) is 19.0 Å². The van der Waals surface area contributed by atoms with Crippen molar-refractivity contribution in [1.29, 1.82) is 0 Å². The molecule has 0 aliphatic heterocycles. The lowest BCUT2D eigenvalue weighted by Gasteiger charge is -2.32. The zero-order valence-corrected chi connectivity index (χ0v) is 19.4. The second kappa shape index (κ2) is 11.4. The van der Waals surface area contributed by atoms with Crippen LogP contribution in [0.2, 0.25) is 0 Å². The van der Waals surface area contributed by atoms with E-state index in [1.807, 2.05) is 75.4 Å². The quantitative estimate of drug-likeness (QED) is 0.511. The molecule has 172 valence electrons. The molecule has 0 aliphatic rings. The Morgan fingerprint density at radius 2 is 1.55 bits per heavy atom. The van der Waals surface area contributed by atoms with E-state index in [-0.39, 0.29) is 36.6 Å². The van der Waals surface area contributed by atoms with Gasteiger partial charge in [-0.15, -0.1) is 0 Å². The van der Waals surface area contributed by atoms with Crippen molar-refractivity contribution < 1.29 is 14.0 Å². The van der Waals surface area contributed by atoms with Gasteiger partial charge in [-0.3, -0.25) is 9.59 Å². The minimum atomic E-state index is -0.697. The molecule has 0 saturated carbocycles. The fourth-order valence-corrected chi connectivity index (χ4v) is 3.82. The van der Waals surface area contributed by atoms with Crippen LogP contribution in [-0.4, -0.2) is 28.8 Å². The molecule has 33 heavy (non-hydrogen) atoms. The van der Waals surface area contributed by atoms with Crippen LogP contribution >= 0.6 is 0 Å². The number of nitrogens with zero attached hydrogens (tertiary/aromatic N) is 1. The standard InChI is InChI=1S/C28H31FN2O2/c1-20(2)30-28(33)26(17-22-9-5-4-6-10-22)31(19-23-12-14-25(29)15-13-23)27(32)18-24-11-7-8-21(3)16-24/h4-16,20,26H,17-19H2,1-3H3,(H,30,33)/t26-/m0/s1. The highest BCUT2D eigenvalue weighted by Crippen LogP contribution is 2.17. The zero-order valence-electron chi connectivity index (χ0n) is 19.4. The zero-order chi connectivity index (χ0) is 23.8. The maximum atomic E-state index is 13.6. The van der Waals surface area contributed by atoms with E-state index in [9.17, 15) is 14.0 Å². The molecule has 0 saturated heterocycles. The lowest BCUT2D eigenvalue weighted by atomic mass is 10.0. The van der Waals surface area contributed by atoms with Crippen LogP contribution in [0.15, 0.2) is 78.9 Å². The van der Waals surface area contributed by atoms with Crippen molar-refractivity contribution in [3.8, 4) is 0 Å². The lowest BCUT2D eigenvalue weighted by Crippen LogP contribution is -2.52. The fourth-order valence-electron chi connectivity index (χ4n) is 3.82. The molecule has 0 spiro atoms. The SMILES string of the molecule is Cc1cccc(CC(=O)N(Cc2ccc(F)cc2)[C@@H](Cc2ccccc2)C(=O)NC(C)C)c1. The van der Waals surface area contributed by atoms with Crippen LogP contribution in [0.25, 0.3) is 0 Å². The summed E-state index contributed by atoms with van der Waals surface area (Å²) in [6.45, 7) is 6.00. The van der Waals surface area contributed by atoms with E-state index in [1.54, 1.807) is 17.0 Å². The summed E-state index contributed by atoms with van der Waals surface area (Å²) in [7, 11) is 0. The van der Waals surface area contributed by atoms with Gasteiger partial charge in [0.05, 0.1) is 6.42 Å². The van der Waals surface area contributed by atoms with Crippen molar-refractivity contribution in [1.82, 2.24) is 10.2 Å². The minimum absolute atomic E-state index is 0.0599. The topological polar surface area (TPSA) is 49.4 Å². The molecular formula is C28H31FN2O2. The number of hydrogen-bond acceptors (Lipinski definition) is 2. The van der Waals surface area contributed by atoms with Crippen LogP contribution in [0, 0.1) is 12.7 Å². The molecule has 1 N–H and O–H groups in total. The van der Waals surface area contributed by atoms with Crippen LogP contribution < -0.4 is 5.32 Å². The Morgan fingerprint density at radius 1 is 0.879 bits per heavy atom. The van der Waals surface area contributed by atoms with E-state index >= 15 is 0 Å². The number of carbonyl (C=O) groups is 2. The van der Waals surface area contributed by atoms with Gasteiger partial charge in [0.25, 0.3) is 0 Å². The number of halogens is 1. The molecule has 0 unspecified atom stereocenters. The normalized spacial score (nSPS) is 11.8. The van der Waals surface area contributed by atoms with Gasteiger partial charge < -0.3 is 10.2 Å². The maximum absolute atomic E-state index is 13.6. The highest BCUT2D eigenvalue weighted by Gasteiger charge is 2.30. The van der Waals surface area contributed by atoms with E-state index in [0.717, 1.165) is 22.3 Å². The molecule has 0 heterocycles. The second-order valence-electron chi connectivity index (χ2n) is 8.68. The van der Waals surface area contributed by atoms with Crippen LogP contribution in [0.1, 0.15) is 36.1 Å². The first-order valence-corrected chi connectivity index (χ1v) is 11.3. The first-order valence-electron chi connectivity index (χ1n) is 11.3. The fraction of sp³-hybridized carbons (Fsp3) is 0.286. The number of aryl methyl sites for hydroxylation is 1. The Labute approximate surface area is 195 Å². The summed E-state index contributed by atoms with van der Waals surface area (Å²) in [4.78, 5) is 28.5. The van der Waals surface area contributed by atoms with Crippen molar-refractivity contribution in [2.24, 2.45) is 0 Å². The van der Waals surface area contributed by atoms with Crippen LogP contribution in [0.3, 0.4) is 0 Å². The summed E-state index contributed by atoms with van der Waals surface area (Å²) in [6, 6.07) is 22.8. The molecule has 0 aliphatic carbocycles. The van der Waals surface area contributed by atoms with Crippen LogP contribution in [-0.2, 0) is 29.0 Å². The van der Waals surface area contributed by atoms with Gasteiger partial charge in [0.15, 0.2) is 0 Å². The van der Waals surface area contributed by atoms with Gasteiger partial charge in [0.2, 0.25) is 11.8 Å². The molecule has 3 aromatic carbocycles. The number of benzene rings is 3. The van der Waals surface area contributed by atoms with Crippen LogP contribution in [0.4, 0.5) is 4.39 Å². The second-order valence-corrected chi connectivity index (χ2v) is 8.68. The number of nitrogens with one attached hydrogen (secondary N) is 1. The summed E-state index contributed by atoms with van der Waals surface area (Å²) in [5.41, 5.74) is 3.70. The third kappa shape index (κ3) is 7.28. The highest BCUT2D eigenvalue weighted by atomic mass is 19.1. The van der Waals surface area contributed by atoms with E-state index in [1.165, 1.54) is 12.1 Å². The minimum Gasteiger partial charge on any atom is -0.352 e. The predicted molar refractivity (Wildman–Crippen MR) is 129 cm³/mol. The van der Waals surface area contributed by atoms with E-state index < -0.39 is 6.04 Å². The van der Waals surface area contributed by atoms with Crippen LogP contribution in [0.5, 0.6) is 0 Å². The third-order valence-corrected chi connectivity index (χ3v) is 5.41. The number of rotatable bonds is 9. The Balaban J connectivity index is 1.96. The molecule has 0 aromatic heterocycles. The first-order chi connectivity index (χ1) is 15.8. The van der Waals surface area contributed by atoms with Crippen molar-refractivity contribution in [3.63, 3.8) is 0 Å². The molecule has 4 nitrogen and oxygen atoms in total. The van der Waals surface area contributed by atoms with Gasteiger partial charge in [-0.2, -0.15) is 0 Å². The van der Waals surface area contributed by atoms with Gasteiger partial charge in [-0.05, 0) is 49.6 Å². The molecular weight excluding hydrogens is 415 g/mol. The summed E-state index contributed by atoms with van der Waals surface area (Å²) >= 11 is 0. The molecule has 0 bridgehead atoms. The molecule has 0 fully saturated rings. The third-order valence-electron chi connectivity index (χ3n) is 5.41. The van der Waals surface area contributed by atoms with E-state index in [0.29, 0.717) is 6.42 Å². The molecule has 3 rings (SSSR count). The van der Waals surface area contributed by atoms with Crippen molar-refractivity contribution in [2.75, 3.05) is 0 Å². The predicted octanol–water partition coefficient (Wildman–Crippen LogP) is 4.84. The van der Waals surface area contributed by atoms with E-state index in [4.69, 9.17) is 0 Å². The van der Waals surface area contributed by atoms with Gasteiger partial charge in [-0.1, -0.05) is 72.3 Å². The largest absolute Gasteiger partial charge is 0.352 e. The smallest absolute Gasteiger partial charge is 0.243 e. The Kier molecular flexibility index (Phi) is 8.36. The van der Waals surface area contributed by atoms with Gasteiger partial charge in [0.1, 0.15) is 11.9 Å². The molecule has 5 heteroatoms. The molecule has 3 aromatic rings. The summed E-state index contributed by atoms with van der Waals surface area (Å²) in [5, 5.41) is 2.97. The Bertz CT molecular complexity index is 1060. The molecule has 0 radical (unpaired) electrons. The average Bonchev–Trinajstić information content (AvgIpc) is 2.77. The summed E-state index contributed by atoms with van der Waals surface area (Å²) in [6.07, 6.45) is 0.573. The lowest BCUT2D eigenvalue weighted by molar-refractivity contribution is -0.141. The highest BCUT2D eigenvalue weighted by molar-refractivity contribution is 5.89. The summed E-state index contributed by atoms with van der Waals surface area (Å²) < 4.78 is 13.5. The van der Waals surface area contributed by atoms with Crippen molar-refractivity contribution >= 4 is 11.8 Å². The Hall–Kier alpha value is -3.47. The monoisotopic (exact) mass is 446 g/mol. The number of carbonyl (C=O) groups excluding carboxylic acids is 2. The Morgan fingerprint density at radius 3 is 2.18 bits per heavy atom. The van der Waals surface area contributed by atoms with Gasteiger partial charge in [-0.25, -0.2) is 4.39 Å². The van der Waals surface area contributed by atoms with Crippen molar-refractivity contribution in [2.45, 2.75) is 52.2 Å². The average molecular weight is 447 g/mol. The first kappa shape index (κ1) is 24.2. The van der Waals surface area contributed by atoms with Gasteiger partial charge >= 0.3 is 0 Å². The van der Waals surface area contributed by atoms with Crippen molar-refractivity contribution in [3.05, 3.63) is 107 Å².